The molecular weight excluding hydrogens is 456 g/mol. The van der Waals surface area contributed by atoms with Crippen molar-refractivity contribution in [3.63, 3.8) is 0 Å². The van der Waals surface area contributed by atoms with Crippen molar-refractivity contribution in [3.8, 4) is 0 Å². The molecule has 3 aromatic rings. The Morgan fingerprint density at radius 1 is 1.06 bits per heavy atom. The average molecular weight is 489 g/mol. The van der Waals surface area contributed by atoms with Crippen LogP contribution in [0.4, 0.5) is 17.5 Å². The summed E-state index contributed by atoms with van der Waals surface area (Å²) in [7, 11) is 0. The molecule has 0 atom stereocenters. The van der Waals surface area contributed by atoms with Crippen LogP contribution in [0.3, 0.4) is 0 Å². The van der Waals surface area contributed by atoms with E-state index < -0.39 is 0 Å². The first-order valence-electron chi connectivity index (χ1n) is 12.7. The van der Waals surface area contributed by atoms with E-state index in [4.69, 9.17) is 4.98 Å². The van der Waals surface area contributed by atoms with Crippen molar-refractivity contribution in [3.05, 3.63) is 59.8 Å². The van der Waals surface area contributed by atoms with Gasteiger partial charge in [0.2, 0.25) is 11.9 Å². The van der Waals surface area contributed by atoms with Gasteiger partial charge in [0.1, 0.15) is 11.6 Å². The number of aromatic amines is 1. The molecule has 2 fully saturated rings. The maximum Gasteiger partial charge on any atom is 0.251 e. The van der Waals surface area contributed by atoms with Crippen LogP contribution in [0.2, 0.25) is 0 Å². The van der Waals surface area contributed by atoms with Crippen molar-refractivity contribution >= 4 is 29.3 Å². The number of anilines is 3. The average Bonchev–Trinajstić information content (AvgIpc) is 3.56. The topological polar surface area (TPSA) is 137 Å². The monoisotopic (exact) mass is 488 g/mol. The summed E-state index contributed by atoms with van der Waals surface area (Å²) in [6.45, 7) is 1.70. The van der Waals surface area contributed by atoms with Gasteiger partial charge < -0.3 is 26.3 Å². The number of rotatable bonds is 12. The van der Waals surface area contributed by atoms with E-state index in [-0.39, 0.29) is 17.7 Å². The number of hydrogen-bond acceptors (Lipinski definition) is 7. The van der Waals surface area contributed by atoms with E-state index >= 15 is 0 Å². The van der Waals surface area contributed by atoms with Crippen molar-refractivity contribution in [1.29, 1.82) is 0 Å². The van der Waals surface area contributed by atoms with Crippen LogP contribution in [-0.4, -0.2) is 44.8 Å². The molecule has 2 aliphatic rings. The van der Waals surface area contributed by atoms with Crippen molar-refractivity contribution in [2.75, 3.05) is 23.7 Å². The normalized spacial score (nSPS) is 15.1. The minimum absolute atomic E-state index is 0.185. The lowest BCUT2D eigenvalue weighted by Gasteiger charge is -2.24. The second kappa shape index (κ2) is 11.2. The number of nitrogens with one attached hydrogen (secondary N) is 5. The van der Waals surface area contributed by atoms with E-state index in [9.17, 15) is 9.59 Å². The first kappa shape index (κ1) is 23.8. The van der Waals surface area contributed by atoms with E-state index in [1.807, 2.05) is 18.3 Å². The number of imidazole rings is 1. The van der Waals surface area contributed by atoms with Gasteiger partial charge in [0.05, 0.1) is 6.54 Å². The van der Waals surface area contributed by atoms with E-state index in [2.05, 4.69) is 36.2 Å². The molecule has 2 aromatic heterocycles. The first-order chi connectivity index (χ1) is 17.7. The predicted octanol–water partition coefficient (Wildman–Crippen LogP) is 3.47. The maximum atomic E-state index is 12.5. The van der Waals surface area contributed by atoms with Crippen LogP contribution < -0.4 is 21.3 Å². The van der Waals surface area contributed by atoms with Gasteiger partial charge in [-0.15, -0.1) is 0 Å². The zero-order valence-electron chi connectivity index (χ0n) is 20.2. The van der Waals surface area contributed by atoms with E-state index in [1.54, 1.807) is 24.5 Å². The molecule has 0 spiro atoms. The first-order valence-corrected chi connectivity index (χ1v) is 12.7. The predicted molar refractivity (Wildman–Crippen MR) is 137 cm³/mol. The zero-order chi connectivity index (χ0) is 24.7. The van der Waals surface area contributed by atoms with E-state index in [1.165, 1.54) is 0 Å². The molecule has 2 saturated carbocycles. The molecule has 0 unspecified atom stereocenters. The molecule has 5 rings (SSSR count). The van der Waals surface area contributed by atoms with Gasteiger partial charge >= 0.3 is 0 Å². The smallest absolute Gasteiger partial charge is 0.251 e. The van der Waals surface area contributed by atoms with E-state index in [0.29, 0.717) is 42.9 Å². The minimum Gasteiger partial charge on any atom is -0.370 e. The summed E-state index contributed by atoms with van der Waals surface area (Å²) >= 11 is 0. The Morgan fingerprint density at radius 2 is 1.94 bits per heavy atom. The van der Waals surface area contributed by atoms with Crippen LogP contribution >= 0.6 is 0 Å². The highest BCUT2D eigenvalue weighted by Gasteiger charge is 2.28. The number of benzene rings is 1. The molecular formula is C26H32N8O2. The van der Waals surface area contributed by atoms with Crippen LogP contribution in [0.5, 0.6) is 0 Å². The van der Waals surface area contributed by atoms with Gasteiger partial charge in [-0.2, -0.15) is 4.98 Å². The zero-order valence-corrected chi connectivity index (χ0v) is 20.2. The second-order valence-electron chi connectivity index (χ2n) is 9.40. The van der Waals surface area contributed by atoms with Gasteiger partial charge in [-0.25, -0.2) is 9.97 Å². The van der Waals surface area contributed by atoms with Crippen LogP contribution in [0.15, 0.2) is 42.9 Å². The molecule has 188 valence electrons. The van der Waals surface area contributed by atoms with Crippen LogP contribution in [-0.2, 0) is 11.3 Å². The highest BCUT2D eigenvalue weighted by atomic mass is 16.2. The molecule has 0 radical (unpaired) electrons. The molecule has 0 aliphatic heterocycles. The van der Waals surface area contributed by atoms with Crippen molar-refractivity contribution in [2.24, 2.45) is 5.92 Å². The Hall–Kier alpha value is -3.95. The third kappa shape index (κ3) is 6.18. The molecule has 10 heteroatoms. The van der Waals surface area contributed by atoms with Gasteiger partial charge in [0.15, 0.2) is 0 Å². The fourth-order valence-electron chi connectivity index (χ4n) is 4.14. The minimum atomic E-state index is -0.188. The van der Waals surface area contributed by atoms with Crippen LogP contribution in [0.1, 0.15) is 66.2 Å². The summed E-state index contributed by atoms with van der Waals surface area (Å²) in [6.07, 6.45) is 11.6. The van der Waals surface area contributed by atoms with Crippen molar-refractivity contribution in [1.82, 2.24) is 30.6 Å². The Labute approximate surface area is 210 Å². The lowest BCUT2D eigenvalue weighted by atomic mass is 9.85. The number of amides is 2. The fraction of sp³-hybridized carbons (Fsp3) is 0.423. The van der Waals surface area contributed by atoms with Crippen molar-refractivity contribution < 1.29 is 9.59 Å². The van der Waals surface area contributed by atoms with Crippen LogP contribution in [0, 0.1) is 5.92 Å². The van der Waals surface area contributed by atoms with Gasteiger partial charge in [-0.05, 0) is 56.2 Å². The molecule has 2 amide bonds. The molecule has 0 saturated heterocycles. The Balaban J connectivity index is 1.17. The summed E-state index contributed by atoms with van der Waals surface area (Å²) in [6, 6.07) is 7.23. The third-order valence-corrected chi connectivity index (χ3v) is 6.61. The summed E-state index contributed by atoms with van der Waals surface area (Å²) in [5.74, 6) is 2.71. The molecule has 2 heterocycles. The largest absolute Gasteiger partial charge is 0.370 e. The third-order valence-electron chi connectivity index (χ3n) is 6.61. The lowest BCUT2D eigenvalue weighted by molar-refractivity contribution is -0.127. The number of H-pyrrole nitrogens is 1. The molecule has 36 heavy (non-hydrogen) atoms. The van der Waals surface area contributed by atoms with Crippen molar-refractivity contribution in [2.45, 2.75) is 51.0 Å². The summed E-state index contributed by atoms with van der Waals surface area (Å²) in [5.41, 5.74) is 2.39. The summed E-state index contributed by atoms with van der Waals surface area (Å²) in [4.78, 5) is 40.9. The van der Waals surface area contributed by atoms with Gasteiger partial charge in [-0.1, -0.05) is 12.5 Å². The molecule has 5 N–H and O–H groups in total. The SMILES string of the molecule is O=C(NCc1ncc[nH]1)c1cccc(Nc2ncc(C3CC3)c(NCCCNC(=O)C3CCC3)n2)c1. The number of carbonyl (C=O) groups excluding carboxylic acids is 2. The Kier molecular flexibility index (Phi) is 7.39. The molecule has 2 aliphatic carbocycles. The lowest BCUT2D eigenvalue weighted by Crippen LogP contribution is -2.35. The maximum absolute atomic E-state index is 12.5. The summed E-state index contributed by atoms with van der Waals surface area (Å²) in [5, 5.41) is 12.5. The van der Waals surface area contributed by atoms with Gasteiger partial charge in [0, 0.05) is 54.4 Å². The second-order valence-corrected chi connectivity index (χ2v) is 9.40. The molecule has 0 bridgehead atoms. The summed E-state index contributed by atoms with van der Waals surface area (Å²) < 4.78 is 0. The quantitative estimate of drug-likeness (QED) is 0.246. The highest BCUT2D eigenvalue weighted by Crippen LogP contribution is 2.42. The number of hydrogen-bond donors (Lipinski definition) is 5. The van der Waals surface area contributed by atoms with E-state index in [0.717, 1.165) is 55.6 Å². The number of carbonyl (C=O) groups is 2. The van der Waals surface area contributed by atoms with Crippen LogP contribution in [0.25, 0.3) is 0 Å². The highest BCUT2D eigenvalue weighted by molar-refractivity contribution is 5.95. The number of aromatic nitrogens is 4. The fourth-order valence-corrected chi connectivity index (χ4v) is 4.14. The molecule has 10 nitrogen and oxygen atoms in total. The van der Waals surface area contributed by atoms with Gasteiger partial charge in [-0.3, -0.25) is 9.59 Å². The van der Waals surface area contributed by atoms with Gasteiger partial charge in [0.25, 0.3) is 5.91 Å². The number of nitrogens with zero attached hydrogens (tertiary/aromatic N) is 3. The Morgan fingerprint density at radius 3 is 2.69 bits per heavy atom. The molecule has 1 aromatic carbocycles. The Bertz CT molecular complexity index is 1190. The standard InChI is InChI=1S/C26H32N8O2/c35-24(18-4-1-5-18)30-11-3-10-29-23-21(17-8-9-17)15-32-26(34-23)33-20-7-2-6-19(14-20)25(36)31-16-22-27-12-13-28-22/h2,6-7,12-15,17-18H,1,3-5,8-11,16H2,(H,27,28)(H,30,35)(H,31,36)(H2,29,32,33,34).